The summed E-state index contributed by atoms with van der Waals surface area (Å²) in [5.74, 6) is 0.332. The minimum atomic E-state index is -0.502. The smallest absolute Gasteiger partial charge is 0.328 e. The highest BCUT2D eigenvalue weighted by atomic mass is 32.1. The van der Waals surface area contributed by atoms with Gasteiger partial charge in [-0.3, -0.25) is 19.5 Å². The van der Waals surface area contributed by atoms with Gasteiger partial charge in [0.1, 0.15) is 5.75 Å². The molecule has 0 saturated carbocycles. The van der Waals surface area contributed by atoms with Crippen LogP contribution >= 0.6 is 11.3 Å². The molecule has 0 saturated heterocycles. The van der Waals surface area contributed by atoms with Gasteiger partial charge in [0.05, 0.1) is 28.2 Å². The fraction of sp³-hybridized carbons (Fsp3) is 0.158. The summed E-state index contributed by atoms with van der Waals surface area (Å²) in [5.41, 5.74) is 0.505. The van der Waals surface area contributed by atoms with Crippen LogP contribution in [0.5, 0.6) is 5.75 Å². The van der Waals surface area contributed by atoms with E-state index >= 15 is 0 Å². The number of carbonyl (C=O) groups excluding carboxylic acids is 1. The molecule has 142 valence electrons. The van der Waals surface area contributed by atoms with Gasteiger partial charge in [-0.15, -0.1) is 0 Å². The fourth-order valence-corrected chi connectivity index (χ4v) is 3.83. The third-order valence-electron chi connectivity index (χ3n) is 4.38. The number of rotatable bonds is 4. The van der Waals surface area contributed by atoms with E-state index in [0.717, 1.165) is 14.8 Å². The lowest BCUT2D eigenvalue weighted by Crippen LogP contribution is -2.34. The van der Waals surface area contributed by atoms with Crippen LogP contribution in [-0.4, -0.2) is 27.6 Å². The number of methoxy groups -OCH3 is 1. The number of hydrogen-bond donors (Lipinski definition) is 2. The SMILES string of the molecule is CCn1c(=O)[nH]c2cc(C(=O)Nc3nc4ccc(OC)cc4s3)ccc2c1=O. The molecule has 0 aliphatic carbocycles. The molecule has 2 aromatic carbocycles. The summed E-state index contributed by atoms with van der Waals surface area (Å²) in [6.45, 7) is 1.99. The van der Waals surface area contributed by atoms with Crippen LogP contribution in [0.1, 0.15) is 17.3 Å². The highest BCUT2D eigenvalue weighted by molar-refractivity contribution is 7.22. The molecule has 0 bridgehead atoms. The molecule has 0 unspecified atom stereocenters. The van der Waals surface area contributed by atoms with Gasteiger partial charge in [0.2, 0.25) is 0 Å². The van der Waals surface area contributed by atoms with E-state index in [0.29, 0.717) is 27.3 Å². The zero-order chi connectivity index (χ0) is 19.8. The minimum absolute atomic E-state index is 0.273. The Hall–Kier alpha value is -3.46. The summed E-state index contributed by atoms with van der Waals surface area (Å²) in [6, 6.07) is 10.0. The summed E-state index contributed by atoms with van der Waals surface area (Å²) < 4.78 is 7.19. The molecule has 2 heterocycles. The van der Waals surface area contributed by atoms with E-state index in [-0.39, 0.29) is 18.0 Å². The van der Waals surface area contributed by atoms with Crippen molar-refractivity contribution in [2.24, 2.45) is 0 Å². The van der Waals surface area contributed by atoms with Gasteiger partial charge in [0.25, 0.3) is 11.5 Å². The van der Waals surface area contributed by atoms with Crippen molar-refractivity contribution in [3.63, 3.8) is 0 Å². The van der Waals surface area contributed by atoms with E-state index in [1.165, 1.54) is 23.5 Å². The molecule has 2 N–H and O–H groups in total. The first-order valence-electron chi connectivity index (χ1n) is 8.53. The number of fused-ring (bicyclic) bond motifs is 2. The average Bonchev–Trinajstić information content (AvgIpc) is 3.09. The molecule has 4 aromatic rings. The molecule has 1 amide bonds. The number of nitrogens with one attached hydrogen (secondary N) is 2. The van der Waals surface area contributed by atoms with Crippen LogP contribution in [0, 0.1) is 0 Å². The van der Waals surface area contributed by atoms with Crippen molar-refractivity contribution in [3.05, 3.63) is 62.8 Å². The second-order valence-corrected chi connectivity index (χ2v) is 7.08. The topological polar surface area (TPSA) is 106 Å². The average molecular weight is 396 g/mol. The van der Waals surface area contributed by atoms with Crippen molar-refractivity contribution in [1.29, 1.82) is 0 Å². The molecule has 0 aliphatic rings. The Bertz CT molecular complexity index is 1340. The van der Waals surface area contributed by atoms with Gasteiger partial charge in [-0.1, -0.05) is 11.3 Å². The number of thiazole rings is 1. The number of anilines is 1. The van der Waals surface area contributed by atoms with Crippen molar-refractivity contribution in [1.82, 2.24) is 14.5 Å². The Balaban J connectivity index is 1.67. The molecule has 28 heavy (non-hydrogen) atoms. The highest BCUT2D eigenvalue weighted by Gasteiger charge is 2.13. The van der Waals surface area contributed by atoms with Crippen LogP contribution in [0.4, 0.5) is 5.13 Å². The van der Waals surface area contributed by atoms with E-state index in [4.69, 9.17) is 4.74 Å². The maximum atomic E-state index is 12.6. The first kappa shape index (κ1) is 17.9. The lowest BCUT2D eigenvalue weighted by molar-refractivity contribution is 0.102. The molecule has 8 nitrogen and oxygen atoms in total. The van der Waals surface area contributed by atoms with Crippen molar-refractivity contribution in [2.45, 2.75) is 13.5 Å². The number of H-pyrrole nitrogens is 1. The van der Waals surface area contributed by atoms with Gasteiger partial charge in [-0.05, 0) is 43.3 Å². The van der Waals surface area contributed by atoms with Crippen LogP contribution in [0.15, 0.2) is 46.0 Å². The Morgan fingerprint density at radius 2 is 2.07 bits per heavy atom. The second kappa shape index (κ2) is 6.93. The largest absolute Gasteiger partial charge is 0.497 e. The standard InChI is InChI=1S/C19H16N4O4S/c1-3-23-17(25)12-6-4-10(8-14(12)21-19(23)26)16(24)22-18-20-13-7-5-11(27-2)9-15(13)28-18/h4-9H,3H2,1-2H3,(H,21,26)(H,20,22,24). The molecular formula is C19H16N4O4S. The number of hydrogen-bond acceptors (Lipinski definition) is 6. The Morgan fingerprint density at radius 3 is 2.82 bits per heavy atom. The molecule has 4 rings (SSSR count). The number of ether oxygens (including phenoxy) is 1. The first-order valence-corrected chi connectivity index (χ1v) is 9.34. The maximum absolute atomic E-state index is 12.6. The molecular weight excluding hydrogens is 380 g/mol. The van der Waals surface area contributed by atoms with E-state index in [9.17, 15) is 14.4 Å². The molecule has 9 heteroatoms. The number of benzene rings is 2. The first-order chi connectivity index (χ1) is 13.5. The molecule has 0 atom stereocenters. The second-order valence-electron chi connectivity index (χ2n) is 6.05. The number of nitrogens with zero attached hydrogens (tertiary/aromatic N) is 2. The normalized spacial score (nSPS) is 11.1. The van der Waals surface area contributed by atoms with Crippen LogP contribution in [0.2, 0.25) is 0 Å². The van der Waals surface area contributed by atoms with E-state index in [1.807, 2.05) is 12.1 Å². The van der Waals surface area contributed by atoms with Gasteiger partial charge in [-0.25, -0.2) is 9.78 Å². The molecule has 0 radical (unpaired) electrons. The minimum Gasteiger partial charge on any atom is -0.497 e. The summed E-state index contributed by atoms with van der Waals surface area (Å²) in [4.78, 5) is 44.0. The molecule has 0 fully saturated rings. The molecule has 0 spiro atoms. The number of carbonyl (C=O) groups is 1. The van der Waals surface area contributed by atoms with Crippen LogP contribution in [-0.2, 0) is 6.54 Å². The number of aromatic nitrogens is 3. The maximum Gasteiger partial charge on any atom is 0.328 e. The monoisotopic (exact) mass is 396 g/mol. The van der Waals surface area contributed by atoms with Gasteiger partial charge >= 0.3 is 5.69 Å². The van der Waals surface area contributed by atoms with Crippen molar-refractivity contribution < 1.29 is 9.53 Å². The quantitative estimate of drug-likeness (QED) is 0.551. The van der Waals surface area contributed by atoms with Gasteiger partial charge < -0.3 is 9.72 Å². The lowest BCUT2D eigenvalue weighted by atomic mass is 10.1. The third kappa shape index (κ3) is 3.05. The Morgan fingerprint density at radius 1 is 1.25 bits per heavy atom. The fourth-order valence-electron chi connectivity index (χ4n) is 2.94. The Labute approximate surface area is 162 Å². The predicted octanol–water partition coefficient (Wildman–Crippen LogP) is 2.58. The number of aromatic amines is 1. The summed E-state index contributed by atoms with van der Waals surface area (Å²) in [6.07, 6.45) is 0. The number of amides is 1. The zero-order valence-corrected chi connectivity index (χ0v) is 15.9. The predicted molar refractivity (Wildman–Crippen MR) is 109 cm³/mol. The van der Waals surface area contributed by atoms with Crippen LogP contribution in [0.25, 0.3) is 21.1 Å². The highest BCUT2D eigenvalue weighted by Crippen LogP contribution is 2.29. The van der Waals surface area contributed by atoms with E-state index in [1.54, 1.807) is 26.2 Å². The Kier molecular flexibility index (Phi) is 4.44. The lowest BCUT2D eigenvalue weighted by Gasteiger charge is -2.06. The summed E-state index contributed by atoms with van der Waals surface area (Å²) in [5, 5.41) is 3.55. The summed E-state index contributed by atoms with van der Waals surface area (Å²) in [7, 11) is 1.59. The summed E-state index contributed by atoms with van der Waals surface area (Å²) >= 11 is 1.33. The van der Waals surface area contributed by atoms with Gasteiger partial charge in [0, 0.05) is 12.1 Å². The van der Waals surface area contributed by atoms with Crippen molar-refractivity contribution in [3.8, 4) is 5.75 Å². The third-order valence-corrected chi connectivity index (χ3v) is 5.31. The van der Waals surface area contributed by atoms with E-state index < -0.39 is 5.69 Å². The van der Waals surface area contributed by atoms with Crippen LogP contribution < -0.4 is 21.3 Å². The zero-order valence-electron chi connectivity index (χ0n) is 15.1. The van der Waals surface area contributed by atoms with Crippen molar-refractivity contribution >= 4 is 43.5 Å². The van der Waals surface area contributed by atoms with Crippen molar-refractivity contribution in [2.75, 3.05) is 12.4 Å². The van der Waals surface area contributed by atoms with Crippen LogP contribution in [0.3, 0.4) is 0 Å². The van der Waals surface area contributed by atoms with Gasteiger partial charge in [-0.2, -0.15) is 0 Å². The van der Waals surface area contributed by atoms with E-state index in [2.05, 4.69) is 15.3 Å². The van der Waals surface area contributed by atoms with Gasteiger partial charge in [0.15, 0.2) is 5.13 Å². The molecule has 0 aliphatic heterocycles. The molecule has 2 aromatic heterocycles.